The van der Waals surface area contributed by atoms with E-state index in [1.807, 2.05) is 0 Å². The first-order valence-electron chi connectivity index (χ1n) is 7.77. The predicted molar refractivity (Wildman–Crippen MR) is 99.2 cm³/mol. The molecule has 7 nitrogen and oxygen atoms in total. The summed E-state index contributed by atoms with van der Waals surface area (Å²) in [6.45, 7) is 7.06. The molecule has 0 unspecified atom stereocenters. The first-order chi connectivity index (χ1) is 12.1. The van der Waals surface area contributed by atoms with E-state index in [0.717, 1.165) is 6.20 Å². The Morgan fingerprint density at radius 1 is 1.35 bits per heavy atom. The Morgan fingerprint density at radius 3 is 2.69 bits per heavy atom. The number of nitrogens with zero attached hydrogens (tertiary/aromatic N) is 4. The van der Waals surface area contributed by atoms with Crippen LogP contribution in [0, 0.1) is 12.7 Å². The molecule has 3 rings (SSSR count). The van der Waals surface area contributed by atoms with E-state index in [0.29, 0.717) is 26.8 Å². The van der Waals surface area contributed by atoms with E-state index in [2.05, 4.69) is 30.9 Å². The van der Waals surface area contributed by atoms with E-state index in [1.54, 1.807) is 33.8 Å². The van der Waals surface area contributed by atoms with Crippen molar-refractivity contribution in [2.45, 2.75) is 33.3 Å². The van der Waals surface area contributed by atoms with Gasteiger partial charge in [0.2, 0.25) is 5.95 Å². The Kier molecular flexibility index (Phi) is 4.43. The van der Waals surface area contributed by atoms with Gasteiger partial charge in [0, 0.05) is 17.1 Å². The van der Waals surface area contributed by atoms with Crippen LogP contribution < -0.4 is 5.73 Å². The maximum Gasteiger partial charge on any atom is 0.419 e. The molecule has 3 aromatic rings. The van der Waals surface area contributed by atoms with Crippen molar-refractivity contribution < 1.29 is 13.9 Å². The van der Waals surface area contributed by atoms with Crippen LogP contribution in [-0.2, 0) is 4.74 Å². The molecule has 3 heterocycles. The molecule has 0 radical (unpaired) electrons. The number of carbonyl (C=O) groups excluding carboxylic acids is 1. The van der Waals surface area contributed by atoms with Crippen molar-refractivity contribution in [2.24, 2.45) is 0 Å². The summed E-state index contributed by atoms with van der Waals surface area (Å²) in [6.07, 6.45) is 1.88. The van der Waals surface area contributed by atoms with Crippen LogP contribution in [0.4, 0.5) is 15.1 Å². The van der Waals surface area contributed by atoms with Crippen LogP contribution >= 0.6 is 15.9 Å². The summed E-state index contributed by atoms with van der Waals surface area (Å²) in [5.41, 5.74) is 6.40. The van der Waals surface area contributed by atoms with Crippen molar-refractivity contribution in [3.63, 3.8) is 0 Å². The van der Waals surface area contributed by atoms with Gasteiger partial charge in [-0.05, 0) is 49.7 Å². The summed E-state index contributed by atoms with van der Waals surface area (Å²) >= 11 is 3.33. The van der Waals surface area contributed by atoms with E-state index < -0.39 is 17.5 Å². The predicted octanol–water partition coefficient (Wildman–Crippen LogP) is 4.07. The fourth-order valence-corrected chi connectivity index (χ4v) is 3.11. The largest absolute Gasteiger partial charge is 0.443 e. The molecule has 0 saturated carbocycles. The van der Waals surface area contributed by atoms with Crippen LogP contribution in [0.1, 0.15) is 26.5 Å². The minimum Gasteiger partial charge on any atom is -0.443 e. The number of rotatable bonds is 1. The van der Waals surface area contributed by atoms with Crippen LogP contribution in [0.5, 0.6) is 0 Å². The number of hydrogen-bond acceptors (Lipinski definition) is 6. The molecule has 0 aromatic carbocycles. The minimum absolute atomic E-state index is 0.00214. The third kappa shape index (κ3) is 3.39. The first kappa shape index (κ1) is 18.2. The average Bonchev–Trinajstić information content (AvgIpc) is 2.87. The second-order valence-electron chi connectivity index (χ2n) is 6.74. The molecule has 0 spiro atoms. The summed E-state index contributed by atoms with van der Waals surface area (Å²) < 4.78 is 21.6. The molecule has 0 amide bonds. The number of hydrogen-bond donors (Lipinski definition) is 1. The van der Waals surface area contributed by atoms with Crippen molar-refractivity contribution in [2.75, 3.05) is 5.73 Å². The second kappa shape index (κ2) is 6.31. The molecule has 0 atom stereocenters. The molecule has 3 aromatic heterocycles. The van der Waals surface area contributed by atoms with Gasteiger partial charge in [0.1, 0.15) is 15.9 Å². The fourth-order valence-electron chi connectivity index (χ4n) is 2.61. The van der Waals surface area contributed by atoms with E-state index in [4.69, 9.17) is 10.5 Å². The molecule has 0 bridgehead atoms. The lowest BCUT2D eigenvalue weighted by Crippen LogP contribution is -2.26. The molecule has 0 aliphatic carbocycles. The summed E-state index contributed by atoms with van der Waals surface area (Å²) in [4.78, 5) is 24.6. The molecule has 9 heteroatoms. The highest BCUT2D eigenvalue weighted by Gasteiger charge is 2.24. The summed E-state index contributed by atoms with van der Waals surface area (Å²) in [7, 11) is 0. The van der Waals surface area contributed by atoms with Crippen molar-refractivity contribution in [3.8, 4) is 11.3 Å². The van der Waals surface area contributed by atoms with Crippen LogP contribution in [0.25, 0.3) is 22.2 Å². The molecule has 2 N–H and O–H groups in total. The van der Waals surface area contributed by atoms with E-state index in [-0.39, 0.29) is 11.6 Å². The smallest absolute Gasteiger partial charge is 0.419 e. The molecular formula is C17H17BrFN5O2. The SMILES string of the molecule is Cc1nc(Br)cc2c(-c3nc(N)ncc3F)cn(C(=O)OC(C)(C)C)c12. The number of nitrogen functional groups attached to an aromatic ring is 1. The Labute approximate surface area is 157 Å². The molecule has 0 saturated heterocycles. The van der Waals surface area contributed by atoms with Gasteiger partial charge < -0.3 is 10.5 Å². The number of ether oxygens (including phenoxy) is 1. The molecule has 0 aliphatic heterocycles. The Hall–Kier alpha value is -2.55. The number of fused-ring (bicyclic) bond motifs is 1. The molecular weight excluding hydrogens is 405 g/mol. The van der Waals surface area contributed by atoms with Gasteiger partial charge >= 0.3 is 6.09 Å². The zero-order valence-electron chi connectivity index (χ0n) is 14.7. The zero-order chi connectivity index (χ0) is 19.2. The number of nitrogens with two attached hydrogens (primary N) is 1. The Bertz CT molecular complexity index is 1030. The number of aryl methyl sites for hydroxylation is 1. The highest BCUT2D eigenvalue weighted by Crippen LogP contribution is 2.34. The van der Waals surface area contributed by atoms with Gasteiger partial charge in [0.05, 0.1) is 17.4 Å². The van der Waals surface area contributed by atoms with Crippen LogP contribution in [0.3, 0.4) is 0 Å². The van der Waals surface area contributed by atoms with Gasteiger partial charge in [-0.15, -0.1) is 0 Å². The molecule has 26 heavy (non-hydrogen) atoms. The Balaban J connectivity index is 2.31. The average molecular weight is 422 g/mol. The number of carbonyl (C=O) groups is 1. The van der Waals surface area contributed by atoms with Crippen molar-refractivity contribution in [3.05, 3.63) is 34.6 Å². The van der Waals surface area contributed by atoms with E-state index >= 15 is 0 Å². The number of halogens is 2. The third-order valence-corrected chi connectivity index (χ3v) is 3.94. The normalized spacial score (nSPS) is 11.8. The standard InChI is InChI=1S/C17H17BrFN5O2/c1-8-14-9(5-12(18)22-8)10(13-11(19)6-21-15(20)23-13)7-24(14)16(25)26-17(2,3)4/h5-7H,1-4H3,(H2,20,21,23). The van der Waals surface area contributed by atoms with Gasteiger partial charge in [0.15, 0.2) is 5.82 Å². The van der Waals surface area contributed by atoms with Gasteiger partial charge in [-0.1, -0.05) is 0 Å². The number of anilines is 1. The number of pyridine rings is 1. The lowest BCUT2D eigenvalue weighted by Gasteiger charge is -2.20. The Morgan fingerprint density at radius 2 is 2.04 bits per heavy atom. The van der Waals surface area contributed by atoms with Gasteiger partial charge in [-0.3, -0.25) is 4.57 Å². The summed E-state index contributed by atoms with van der Waals surface area (Å²) in [5, 5.41) is 0.590. The maximum absolute atomic E-state index is 14.3. The van der Waals surface area contributed by atoms with E-state index in [9.17, 15) is 9.18 Å². The maximum atomic E-state index is 14.3. The zero-order valence-corrected chi connectivity index (χ0v) is 16.3. The molecule has 0 aliphatic rings. The van der Waals surface area contributed by atoms with Crippen LogP contribution in [-0.4, -0.2) is 31.2 Å². The fraction of sp³-hybridized carbons (Fsp3) is 0.294. The topological polar surface area (TPSA) is 95.9 Å². The van der Waals surface area contributed by atoms with Crippen LogP contribution in [0.15, 0.2) is 23.1 Å². The monoisotopic (exact) mass is 421 g/mol. The quantitative estimate of drug-likeness (QED) is 0.594. The van der Waals surface area contributed by atoms with Crippen LogP contribution in [0.2, 0.25) is 0 Å². The van der Waals surface area contributed by atoms with E-state index in [1.165, 1.54) is 10.8 Å². The van der Waals surface area contributed by atoms with Crippen molar-refractivity contribution >= 4 is 38.9 Å². The molecule has 136 valence electrons. The summed E-state index contributed by atoms with van der Waals surface area (Å²) in [5.74, 6) is -0.711. The van der Waals surface area contributed by atoms with Crippen molar-refractivity contribution in [1.82, 2.24) is 19.5 Å². The lowest BCUT2D eigenvalue weighted by molar-refractivity contribution is 0.0544. The molecule has 0 fully saturated rings. The third-order valence-electron chi connectivity index (χ3n) is 3.53. The van der Waals surface area contributed by atoms with Gasteiger partial charge in [-0.2, -0.15) is 0 Å². The van der Waals surface area contributed by atoms with Crippen molar-refractivity contribution in [1.29, 1.82) is 0 Å². The minimum atomic E-state index is -0.685. The highest BCUT2D eigenvalue weighted by molar-refractivity contribution is 9.10. The second-order valence-corrected chi connectivity index (χ2v) is 7.56. The lowest BCUT2D eigenvalue weighted by atomic mass is 10.1. The van der Waals surface area contributed by atoms with Gasteiger partial charge in [0.25, 0.3) is 0 Å². The van der Waals surface area contributed by atoms with Gasteiger partial charge in [-0.25, -0.2) is 24.1 Å². The number of aromatic nitrogens is 4. The summed E-state index contributed by atoms with van der Waals surface area (Å²) in [6, 6.07) is 1.69. The highest BCUT2D eigenvalue weighted by atomic mass is 79.9. The first-order valence-corrected chi connectivity index (χ1v) is 8.56.